The number of hydrogen-bond donors (Lipinski definition) is 0. The van der Waals surface area contributed by atoms with Crippen molar-refractivity contribution in [2.75, 3.05) is 33.8 Å². The molecule has 1 unspecified atom stereocenters. The minimum Gasteiger partial charge on any atom is -0.481 e. The Bertz CT molecular complexity index is 1240. The van der Waals surface area contributed by atoms with E-state index in [1.807, 2.05) is 30.5 Å². The second-order valence-corrected chi connectivity index (χ2v) is 8.14. The van der Waals surface area contributed by atoms with Crippen LogP contribution < -0.4 is 4.74 Å². The molecule has 164 valence electrons. The van der Waals surface area contributed by atoms with Crippen LogP contribution in [0.2, 0.25) is 0 Å². The molecule has 1 atom stereocenters. The van der Waals surface area contributed by atoms with E-state index >= 15 is 0 Å². The molecule has 0 radical (unpaired) electrons. The molecule has 0 spiro atoms. The van der Waals surface area contributed by atoms with Gasteiger partial charge in [-0.3, -0.25) is 9.80 Å². The molecule has 1 aliphatic rings. The number of benzene rings is 1. The highest BCUT2D eigenvalue weighted by Gasteiger charge is 2.29. The number of nitrogens with zero attached hydrogens (tertiary/aromatic N) is 6. The summed E-state index contributed by atoms with van der Waals surface area (Å²) in [5, 5.41) is 8.90. The second kappa shape index (κ2) is 8.64. The molecule has 1 aliphatic heterocycles. The van der Waals surface area contributed by atoms with Gasteiger partial charge in [0.25, 0.3) is 0 Å². The fourth-order valence-corrected chi connectivity index (χ4v) is 4.33. The van der Waals surface area contributed by atoms with E-state index < -0.39 is 0 Å². The van der Waals surface area contributed by atoms with Gasteiger partial charge in [-0.1, -0.05) is 29.5 Å². The highest BCUT2D eigenvalue weighted by Crippen LogP contribution is 2.29. The smallest absolute Gasteiger partial charge is 0.217 e. The van der Waals surface area contributed by atoms with Gasteiger partial charge in [-0.2, -0.15) is 0 Å². The lowest BCUT2D eigenvalue weighted by Crippen LogP contribution is -2.46. The SMILES string of the molecule is COc1ncccc1CN1CCN(C)C(c2nnn3cc(-c4cccc(F)c4)ccc23)C1. The van der Waals surface area contributed by atoms with Crippen molar-refractivity contribution in [2.24, 2.45) is 0 Å². The largest absolute Gasteiger partial charge is 0.481 e. The zero-order valence-electron chi connectivity index (χ0n) is 18.1. The zero-order chi connectivity index (χ0) is 22.1. The molecule has 5 rings (SSSR count). The number of aromatic nitrogens is 4. The summed E-state index contributed by atoms with van der Waals surface area (Å²) in [6, 6.07) is 14.7. The number of piperazine rings is 1. The molecule has 1 fully saturated rings. The summed E-state index contributed by atoms with van der Waals surface area (Å²) < 4.78 is 20.8. The molecule has 8 heteroatoms. The van der Waals surface area contributed by atoms with E-state index in [1.54, 1.807) is 23.9 Å². The van der Waals surface area contributed by atoms with Crippen LogP contribution in [0.15, 0.2) is 60.9 Å². The van der Waals surface area contributed by atoms with Crippen LogP contribution in [0.1, 0.15) is 17.3 Å². The van der Waals surface area contributed by atoms with E-state index in [0.29, 0.717) is 5.88 Å². The molecule has 1 saturated heterocycles. The lowest BCUT2D eigenvalue weighted by molar-refractivity contribution is 0.0882. The minimum absolute atomic E-state index is 0.115. The first kappa shape index (κ1) is 20.5. The van der Waals surface area contributed by atoms with Crippen molar-refractivity contribution in [3.8, 4) is 17.0 Å². The van der Waals surface area contributed by atoms with Crippen LogP contribution in [0.5, 0.6) is 5.88 Å². The van der Waals surface area contributed by atoms with E-state index in [1.165, 1.54) is 12.1 Å². The molecular formula is C24H25FN6O. The van der Waals surface area contributed by atoms with Crippen molar-refractivity contribution in [1.29, 1.82) is 0 Å². The Morgan fingerprint density at radius 3 is 2.84 bits per heavy atom. The standard InChI is InChI=1S/C24H25FN6O/c1-29-11-12-30(14-19-6-4-10-26-24(19)32-2)16-22(29)23-21-9-8-18(15-31(21)28-27-23)17-5-3-7-20(25)13-17/h3-10,13,15,22H,11-12,14,16H2,1-2H3. The van der Waals surface area contributed by atoms with Crippen molar-refractivity contribution in [3.05, 3.63) is 78.0 Å². The maximum absolute atomic E-state index is 13.6. The summed E-state index contributed by atoms with van der Waals surface area (Å²) in [6.07, 6.45) is 3.65. The van der Waals surface area contributed by atoms with Crippen molar-refractivity contribution >= 4 is 5.52 Å². The maximum atomic E-state index is 13.6. The predicted octanol–water partition coefficient (Wildman–Crippen LogP) is 3.43. The number of ether oxygens (including phenoxy) is 1. The van der Waals surface area contributed by atoms with Gasteiger partial charge in [0.1, 0.15) is 11.5 Å². The van der Waals surface area contributed by atoms with Gasteiger partial charge in [-0.15, -0.1) is 5.10 Å². The Kier molecular flexibility index (Phi) is 5.55. The molecule has 3 aromatic heterocycles. The van der Waals surface area contributed by atoms with Crippen LogP contribution in [0.4, 0.5) is 4.39 Å². The van der Waals surface area contributed by atoms with E-state index in [9.17, 15) is 4.39 Å². The summed E-state index contributed by atoms with van der Waals surface area (Å²) in [5.41, 5.74) is 4.70. The molecule has 4 heterocycles. The monoisotopic (exact) mass is 432 g/mol. The molecule has 0 aliphatic carbocycles. The summed E-state index contributed by atoms with van der Waals surface area (Å²) >= 11 is 0. The fourth-order valence-electron chi connectivity index (χ4n) is 4.33. The van der Waals surface area contributed by atoms with Crippen molar-refractivity contribution in [3.63, 3.8) is 0 Å². The van der Waals surface area contributed by atoms with E-state index in [2.05, 4.69) is 38.2 Å². The molecule has 1 aromatic carbocycles. The van der Waals surface area contributed by atoms with E-state index in [4.69, 9.17) is 4.74 Å². The first-order valence-corrected chi connectivity index (χ1v) is 10.6. The Balaban J connectivity index is 1.41. The predicted molar refractivity (Wildman–Crippen MR) is 120 cm³/mol. The highest BCUT2D eigenvalue weighted by molar-refractivity contribution is 5.66. The van der Waals surface area contributed by atoms with Gasteiger partial charge >= 0.3 is 0 Å². The number of rotatable bonds is 5. The Labute approximate surface area is 186 Å². The molecule has 4 aromatic rings. The topological polar surface area (TPSA) is 58.8 Å². The average molecular weight is 433 g/mol. The van der Waals surface area contributed by atoms with Crippen LogP contribution >= 0.6 is 0 Å². The second-order valence-electron chi connectivity index (χ2n) is 8.14. The molecule has 0 amide bonds. The van der Waals surface area contributed by atoms with E-state index in [0.717, 1.165) is 54.1 Å². The summed E-state index contributed by atoms with van der Waals surface area (Å²) in [4.78, 5) is 9.04. The summed E-state index contributed by atoms with van der Waals surface area (Å²) in [5.74, 6) is 0.415. The molecule has 0 N–H and O–H groups in total. The van der Waals surface area contributed by atoms with Gasteiger partial charge in [-0.25, -0.2) is 13.9 Å². The Morgan fingerprint density at radius 1 is 1.09 bits per heavy atom. The van der Waals surface area contributed by atoms with Crippen LogP contribution in [0.3, 0.4) is 0 Å². The van der Waals surface area contributed by atoms with Crippen molar-refractivity contribution in [1.82, 2.24) is 29.6 Å². The first-order chi connectivity index (χ1) is 15.6. The number of fused-ring (bicyclic) bond motifs is 1. The van der Waals surface area contributed by atoms with Gasteiger partial charge in [0.15, 0.2) is 0 Å². The maximum Gasteiger partial charge on any atom is 0.217 e. The number of likely N-dealkylation sites (N-methyl/N-ethyl adjacent to an activating group) is 1. The molecule has 0 bridgehead atoms. The van der Waals surface area contributed by atoms with Crippen LogP contribution in [0, 0.1) is 5.82 Å². The normalized spacial score (nSPS) is 17.7. The number of halogens is 1. The number of hydrogen-bond acceptors (Lipinski definition) is 6. The third-order valence-corrected chi connectivity index (χ3v) is 6.08. The van der Waals surface area contributed by atoms with Crippen molar-refractivity contribution < 1.29 is 9.13 Å². The van der Waals surface area contributed by atoms with Gasteiger partial charge in [0.05, 0.1) is 18.7 Å². The van der Waals surface area contributed by atoms with E-state index in [-0.39, 0.29) is 11.9 Å². The molecule has 0 saturated carbocycles. The van der Waals surface area contributed by atoms with Gasteiger partial charge < -0.3 is 4.74 Å². The average Bonchev–Trinajstić information content (AvgIpc) is 3.24. The number of pyridine rings is 2. The fraction of sp³-hybridized carbons (Fsp3) is 0.292. The zero-order valence-corrected chi connectivity index (χ0v) is 18.1. The number of methoxy groups -OCH3 is 1. The van der Waals surface area contributed by atoms with Gasteiger partial charge in [0.2, 0.25) is 5.88 Å². The lowest BCUT2D eigenvalue weighted by Gasteiger charge is -2.38. The summed E-state index contributed by atoms with van der Waals surface area (Å²) in [7, 11) is 3.78. The van der Waals surface area contributed by atoms with Crippen LogP contribution in [0.25, 0.3) is 16.6 Å². The Morgan fingerprint density at radius 2 is 2.00 bits per heavy atom. The first-order valence-electron chi connectivity index (χ1n) is 10.6. The quantitative estimate of drug-likeness (QED) is 0.482. The lowest BCUT2D eigenvalue weighted by atomic mass is 10.1. The third kappa shape index (κ3) is 3.94. The molecule has 7 nitrogen and oxygen atoms in total. The van der Waals surface area contributed by atoms with Crippen molar-refractivity contribution in [2.45, 2.75) is 12.6 Å². The van der Waals surface area contributed by atoms with Crippen LogP contribution in [-0.2, 0) is 6.54 Å². The Hall–Kier alpha value is -3.36. The minimum atomic E-state index is -0.254. The molecular weight excluding hydrogens is 407 g/mol. The van der Waals surface area contributed by atoms with Crippen LogP contribution in [-0.4, -0.2) is 63.4 Å². The summed E-state index contributed by atoms with van der Waals surface area (Å²) in [6.45, 7) is 3.47. The molecule has 32 heavy (non-hydrogen) atoms. The van der Waals surface area contributed by atoms with Gasteiger partial charge in [-0.05, 0) is 36.9 Å². The highest BCUT2D eigenvalue weighted by atomic mass is 19.1. The van der Waals surface area contributed by atoms with Gasteiger partial charge in [0, 0.05) is 49.7 Å². The third-order valence-electron chi connectivity index (χ3n) is 6.08.